The molecule has 1 aliphatic heterocycles. The van der Waals surface area contributed by atoms with Gasteiger partial charge in [-0.25, -0.2) is 4.98 Å². The van der Waals surface area contributed by atoms with Crippen LogP contribution >= 0.6 is 0 Å². The van der Waals surface area contributed by atoms with Gasteiger partial charge in [0.1, 0.15) is 5.82 Å². The molecule has 1 saturated heterocycles. The Balaban J connectivity index is 2.15. The number of piperidine rings is 1. The van der Waals surface area contributed by atoms with Crippen molar-refractivity contribution >= 4 is 5.82 Å². The van der Waals surface area contributed by atoms with Gasteiger partial charge in [0.2, 0.25) is 0 Å². The minimum Gasteiger partial charge on any atom is -0.391 e. The van der Waals surface area contributed by atoms with E-state index in [2.05, 4.69) is 9.97 Å². The van der Waals surface area contributed by atoms with Crippen LogP contribution in [0.4, 0.5) is 5.82 Å². The first kappa shape index (κ1) is 10.2. The molecular weight excluding hydrogens is 194 g/mol. The molecule has 2 atom stereocenters. The maximum Gasteiger partial charge on any atom is 0.252 e. The summed E-state index contributed by atoms with van der Waals surface area (Å²) < 4.78 is 0. The smallest absolute Gasteiger partial charge is 0.252 e. The molecule has 0 aromatic carbocycles. The van der Waals surface area contributed by atoms with E-state index in [4.69, 9.17) is 0 Å². The number of nitrogens with one attached hydrogen (secondary N) is 1. The van der Waals surface area contributed by atoms with Crippen LogP contribution in [0.15, 0.2) is 17.2 Å². The molecule has 5 nitrogen and oxygen atoms in total. The maximum absolute atomic E-state index is 11.1. The van der Waals surface area contributed by atoms with E-state index in [0.717, 1.165) is 13.0 Å². The lowest BCUT2D eigenvalue weighted by Gasteiger charge is -2.34. The summed E-state index contributed by atoms with van der Waals surface area (Å²) in [6, 6.07) is 1.46. The Bertz CT molecular complexity index is 390. The molecule has 5 heteroatoms. The van der Waals surface area contributed by atoms with Crippen LogP contribution in [-0.4, -0.2) is 34.3 Å². The lowest BCUT2D eigenvalue weighted by atomic mass is 9.96. The molecule has 0 saturated carbocycles. The zero-order valence-electron chi connectivity index (χ0n) is 8.68. The number of aliphatic hydroxyl groups excluding tert-OH is 1. The highest BCUT2D eigenvalue weighted by Gasteiger charge is 2.24. The zero-order chi connectivity index (χ0) is 10.8. The fourth-order valence-corrected chi connectivity index (χ4v) is 1.79. The van der Waals surface area contributed by atoms with Gasteiger partial charge in [-0.05, 0) is 12.3 Å². The van der Waals surface area contributed by atoms with Crippen molar-refractivity contribution in [2.45, 2.75) is 19.4 Å². The van der Waals surface area contributed by atoms with Crippen molar-refractivity contribution < 1.29 is 5.11 Å². The Kier molecular flexibility index (Phi) is 2.73. The van der Waals surface area contributed by atoms with Gasteiger partial charge in [0, 0.05) is 19.2 Å². The second-order valence-corrected chi connectivity index (χ2v) is 4.05. The summed E-state index contributed by atoms with van der Waals surface area (Å²) in [4.78, 5) is 19.6. The van der Waals surface area contributed by atoms with Crippen molar-refractivity contribution in [3.63, 3.8) is 0 Å². The molecule has 82 valence electrons. The minimum atomic E-state index is -0.333. The Labute approximate surface area is 87.8 Å². The number of hydrogen-bond acceptors (Lipinski definition) is 4. The van der Waals surface area contributed by atoms with Gasteiger partial charge in [0.25, 0.3) is 5.56 Å². The van der Waals surface area contributed by atoms with E-state index in [1.165, 1.54) is 12.4 Å². The van der Waals surface area contributed by atoms with Crippen molar-refractivity contribution in [3.8, 4) is 0 Å². The second kappa shape index (κ2) is 4.02. The standard InChI is InChI=1S/C10H15N3O2/c1-7-2-3-13(5-8(7)14)9-4-10(15)12-6-11-9/h4,6-8,14H,2-3,5H2,1H3,(H,11,12,15). The number of rotatable bonds is 1. The molecule has 0 amide bonds. The van der Waals surface area contributed by atoms with E-state index in [1.54, 1.807) is 0 Å². The first-order valence-electron chi connectivity index (χ1n) is 5.14. The Morgan fingerprint density at radius 2 is 2.47 bits per heavy atom. The van der Waals surface area contributed by atoms with Crippen LogP contribution < -0.4 is 10.5 Å². The highest BCUT2D eigenvalue weighted by molar-refractivity contribution is 5.37. The number of anilines is 1. The third-order valence-corrected chi connectivity index (χ3v) is 2.91. The molecule has 1 aromatic rings. The van der Waals surface area contributed by atoms with Gasteiger partial charge in [-0.15, -0.1) is 0 Å². The molecule has 15 heavy (non-hydrogen) atoms. The van der Waals surface area contributed by atoms with E-state index in [-0.39, 0.29) is 11.7 Å². The lowest BCUT2D eigenvalue weighted by molar-refractivity contribution is 0.102. The quantitative estimate of drug-likeness (QED) is 0.682. The van der Waals surface area contributed by atoms with Crippen molar-refractivity contribution in [1.29, 1.82) is 0 Å². The van der Waals surface area contributed by atoms with Crippen LogP contribution in [-0.2, 0) is 0 Å². The van der Waals surface area contributed by atoms with E-state index in [1.807, 2.05) is 11.8 Å². The summed E-state index contributed by atoms with van der Waals surface area (Å²) in [6.45, 7) is 3.43. The number of β-amino-alcohol motifs (C(OH)–C–C–N with tert-alkyl or cyclic N) is 1. The Hall–Kier alpha value is -1.36. The maximum atomic E-state index is 11.1. The van der Waals surface area contributed by atoms with Gasteiger partial charge in [-0.1, -0.05) is 6.92 Å². The molecule has 1 aliphatic rings. The predicted molar refractivity (Wildman–Crippen MR) is 56.9 cm³/mol. The molecule has 0 radical (unpaired) electrons. The summed E-state index contributed by atoms with van der Waals surface area (Å²) in [5, 5.41) is 9.72. The van der Waals surface area contributed by atoms with Crippen LogP contribution in [0.25, 0.3) is 0 Å². The molecule has 0 spiro atoms. The monoisotopic (exact) mass is 209 g/mol. The second-order valence-electron chi connectivity index (χ2n) is 4.05. The topological polar surface area (TPSA) is 69.2 Å². The summed E-state index contributed by atoms with van der Waals surface area (Å²) in [5.41, 5.74) is -0.159. The molecule has 2 heterocycles. The van der Waals surface area contributed by atoms with E-state index < -0.39 is 0 Å². The summed E-state index contributed by atoms with van der Waals surface area (Å²) in [5.74, 6) is 0.966. The molecule has 2 N–H and O–H groups in total. The number of hydrogen-bond donors (Lipinski definition) is 2. The average Bonchev–Trinajstić information content (AvgIpc) is 2.22. The van der Waals surface area contributed by atoms with Crippen LogP contribution in [0.5, 0.6) is 0 Å². The fraction of sp³-hybridized carbons (Fsp3) is 0.600. The summed E-state index contributed by atoms with van der Waals surface area (Å²) >= 11 is 0. The Morgan fingerprint density at radius 3 is 3.13 bits per heavy atom. The van der Waals surface area contributed by atoms with E-state index in [9.17, 15) is 9.90 Å². The lowest BCUT2D eigenvalue weighted by Crippen LogP contribution is -2.43. The first-order valence-corrected chi connectivity index (χ1v) is 5.14. The number of aromatic amines is 1. The van der Waals surface area contributed by atoms with Gasteiger partial charge >= 0.3 is 0 Å². The number of aliphatic hydroxyl groups is 1. The third-order valence-electron chi connectivity index (χ3n) is 2.91. The molecule has 1 aromatic heterocycles. The van der Waals surface area contributed by atoms with Crippen LogP contribution in [0, 0.1) is 5.92 Å². The van der Waals surface area contributed by atoms with E-state index in [0.29, 0.717) is 18.3 Å². The van der Waals surface area contributed by atoms with Gasteiger partial charge < -0.3 is 15.0 Å². The van der Waals surface area contributed by atoms with Gasteiger partial charge in [0.05, 0.1) is 12.4 Å². The highest BCUT2D eigenvalue weighted by atomic mass is 16.3. The third kappa shape index (κ3) is 2.18. The Morgan fingerprint density at radius 1 is 1.67 bits per heavy atom. The van der Waals surface area contributed by atoms with Crippen molar-refractivity contribution in [2.75, 3.05) is 18.0 Å². The first-order chi connectivity index (χ1) is 7.16. The van der Waals surface area contributed by atoms with Crippen LogP contribution in [0.2, 0.25) is 0 Å². The normalized spacial score (nSPS) is 26.7. The molecule has 2 rings (SSSR count). The highest BCUT2D eigenvalue weighted by Crippen LogP contribution is 2.20. The number of nitrogens with zero attached hydrogens (tertiary/aromatic N) is 2. The largest absolute Gasteiger partial charge is 0.391 e. The van der Waals surface area contributed by atoms with Crippen molar-refractivity contribution in [3.05, 3.63) is 22.7 Å². The molecule has 0 aliphatic carbocycles. The zero-order valence-corrected chi connectivity index (χ0v) is 8.68. The number of H-pyrrole nitrogens is 1. The summed E-state index contributed by atoms with van der Waals surface area (Å²) in [6.07, 6.45) is 1.98. The van der Waals surface area contributed by atoms with Gasteiger partial charge in [-0.3, -0.25) is 4.79 Å². The molecular formula is C10H15N3O2. The summed E-state index contributed by atoms with van der Waals surface area (Å²) in [7, 11) is 0. The minimum absolute atomic E-state index is 0.159. The fourth-order valence-electron chi connectivity index (χ4n) is 1.79. The molecule has 1 fully saturated rings. The van der Waals surface area contributed by atoms with Crippen LogP contribution in [0.1, 0.15) is 13.3 Å². The molecule has 2 unspecified atom stereocenters. The molecule has 0 bridgehead atoms. The van der Waals surface area contributed by atoms with Crippen LogP contribution in [0.3, 0.4) is 0 Å². The van der Waals surface area contributed by atoms with Gasteiger partial charge in [0.15, 0.2) is 0 Å². The van der Waals surface area contributed by atoms with E-state index >= 15 is 0 Å². The van der Waals surface area contributed by atoms with Gasteiger partial charge in [-0.2, -0.15) is 0 Å². The SMILES string of the molecule is CC1CCN(c2cc(=O)[nH]cn2)CC1O. The predicted octanol–water partition coefficient (Wildman–Crippen LogP) is -0.0230. The van der Waals surface area contributed by atoms with Crippen molar-refractivity contribution in [2.24, 2.45) is 5.92 Å². The number of aromatic nitrogens is 2. The van der Waals surface area contributed by atoms with Crippen molar-refractivity contribution in [1.82, 2.24) is 9.97 Å². The average molecular weight is 209 g/mol.